The lowest BCUT2D eigenvalue weighted by molar-refractivity contribution is 0.200. The average Bonchev–Trinajstić information content (AvgIpc) is 2.72. The first-order valence-electron chi connectivity index (χ1n) is 4.94. The minimum atomic E-state index is 0.300. The van der Waals surface area contributed by atoms with Gasteiger partial charge in [-0.1, -0.05) is 0 Å². The Morgan fingerprint density at radius 2 is 2.00 bits per heavy atom. The van der Waals surface area contributed by atoms with Crippen LogP contribution in [0.15, 0.2) is 15.1 Å². The van der Waals surface area contributed by atoms with Gasteiger partial charge in [0.05, 0.1) is 10.2 Å². The fourth-order valence-corrected chi connectivity index (χ4v) is 2.68. The van der Waals surface area contributed by atoms with Gasteiger partial charge >= 0.3 is 0 Å². The quantitative estimate of drug-likeness (QED) is 0.899. The maximum Gasteiger partial charge on any atom is 0.230 e. The summed E-state index contributed by atoms with van der Waals surface area (Å²) in [5.74, 6) is 0.600. The molecule has 0 spiro atoms. The van der Waals surface area contributed by atoms with Gasteiger partial charge in [0.2, 0.25) is 5.88 Å². The van der Waals surface area contributed by atoms with Crippen LogP contribution in [0.4, 0.5) is 5.69 Å². The van der Waals surface area contributed by atoms with Crippen molar-refractivity contribution in [2.75, 3.05) is 5.73 Å². The summed E-state index contributed by atoms with van der Waals surface area (Å²) >= 11 is 6.72. The topological polar surface area (TPSA) is 48.1 Å². The van der Waals surface area contributed by atoms with Gasteiger partial charge in [-0.3, -0.25) is 0 Å². The van der Waals surface area contributed by atoms with E-state index in [0.717, 1.165) is 21.8 Å². The molecule has 0 amide bonds. The van der Waals surface area contributed by atoms with Crippen molar-refractivity contribution in [3.05, 3.63) is 15.1 Å². The minimum absolute atomic E-state index is 0.300. The maximum atomic E-state index is 5.84. The second-order valence-corrected chi connectivity index (χ2v) is 5.31. The number of pyridine rings is 1. The summed E-state index contributed by atoms with van der Waals surface area (Å²) in [6, 6.07) is 0. The third-order valence-corrected chi connectivity index (χ3v) is 3.96. The highest BCUT2D eigenvalue weighted by molar-refractivity contribution is 9.11. The predicted octanol–water partition coefficient (Wildman–Crippen LogP) is 3.51. The molecular formula is C10H12Br2N2O. The smallest absolute Gasteiger partial charge is 0.230 e. The van der Waals surface area contributed by atoms with E-state index in [9.17, 15) is 0 Å². The lowest BCUT2D eigenvalue weighted by Gasteiger charge is -2.14. The Morgan fingerprint density at radius 1 is 1.33 bits per heavy atom. The van der Waals surface area contributed by atoms with Crippen LogP contribution >= 0.6 is 31.9 Å². The number of anilines is 1. The number of hydrogen-bond acceptors (Lipinski definition) is 3. The second-order valence-electron chi connectivity index (χ2n) is 3.66. The Hall–Kier alpha value is -0.290. The van der Waals surface area contributed by atoms with E-state index in [1.807, 2.05) is 0 Å². The van der Waals surface area contributed by atoms with E-state index < -0.39 is 0 Å². The van der Waals surface area contributed by atoms with Crippen molar-refractivity contribution in [3.63, 3.8) is 0 Å². The number of nitrogens with two attached hydrogens (primary N) is 1. The van der Waals surface area contributed by atoms with E-state index in [2.05, 4.69) is 36.8 Å². The van der Waals surface area contributed by atoms with Crippen molar-refractivity contribution < 1.29 is 4.74 Å². The molecule has 1 aromatic rings. The van der Waals surface area contributed by atoms with Gasteiger partial charge in [0.15, 0.2) is 0 Å². The molecular weight excluding hydrogens is 324 g/mol. The van der Waals surface area contributed by atoms with Crippen LogP contribution in [0.25, 0.3) is 0 Å². The fraction of sp³-hybridized carbons (Fsp3) is 0.500. The Morgan fingerprint density at radius 3 is 2.67 bits per heavy atom. The summed E-state index contributed by atoms with van der Waals surface area (Å²) in [4.78, 5) is 4.21. The van der Waals surface area contributed by atoms with Gasteiger partial charge in [-0.05, 0) is 57.5 Å². The van der Waals surface area contributed by atoms with E-state index in [1.54, 1.807) is 6.20 Å². The largest absolute Gasteiger partial charge is 0.473 e. The van der Waals surface area contributed by atoms with Crippen molar-refractivity contribution in [3.8, 4) is 5.88 Å². The zero-order chi connectivity index (χ0) is 10.8. The molecule has 1 aliphatic rings. The summed E-state index contributed by atoms with van der Waals surface area (Å²) in [5, 5.41) is 0. The molecule has 15 heavy (non-hydrogen) atoms. The zero-order valence-electron chi connectivity index (χ0n) is 8.17. The second kappa shape index (κ2) is 4.70. The Kier molecular flexibility index (Phi) is 3.51. The van der Waals surface area contributed by atoms with Crippen LogP contribution in [-0.2, 0) is 0 Å². The molecule has 1 saturated carbocycles. The third kappa shape index (κ3) is 2.45. The van der Waals surface area contributed by atoms with Gasteiger partial charge in [0.25, 0.3) is 0 Å². The molecule has 1 fully saturated rings. The van der Waals surface area contributed by atoms with Crippen molar-refractivity contribution >= 4 is 37.5 Å². The van der Waals surface area contributed by atoms with Crippen molar-refractivity contribution in [1.82, 2.24) is 4.98 Å². The number of nitrogen functional groups attached to an aromatic ring is 1. The first kappa shape index (κ1) is 11.2. The predicted molar refractivity (Wildman–Crippen MR) is 66.9 cm³/mol. The number of ether oxygens (including phenoxy) is 1. The third-order valence-electron chi connectivity index (χ3n) is 2.56. The van der Waals surface area contributed by atoms with Crippen LogP contribution in [0.1, 0.15) is 25.7 Å². The molecule has 1 aromatic heterocycles. The fourth-order valence-electron chi connectivity index (χ4n) is 1.71. The first-order chi connectivity index (χ1) is 7.18. The Bertz CT molecular complexity index is 365. The van der Waals surface area contributed by atoms with E-state index >= 15 is 0 Å². The maximum absolute atomic E-state index is 5.84. The van der Waals surface area contributed by atoms with Gasteiger partial charge < -0.3 is 10.5 Å². The normalized spacial score (nSPS) is 16.9. The summed E-state index contributed by atoms with van der Waals surface area (Å²) in [6.07, 6.45) is 6.69. The lowest BCUT2D eigenvalue weighted by Crippen LogP contribution is -2.12. The van der Waals surface area contributed by atoms with Gasteiger partial charge in [-0.2, -0.15) is 0 Å². The molecule has 0 radical (unpaired) electrons. The Balaban J connectivity index is 2.17. The number of aromatic nitrogens is 1. The van der Waals surface area contributed by atoms with Crippen LogP contribution in [-0.4, -0.2) is 11.1 Å². The molecule has 2 rings (SSSR count). The monoisotopic (exact) mass is 334 g/mol. The van der Waals surface area contributed by atoms with Gasteiger partial charge in [0.1, 0.15) is 10.6 Å². The van der Waals surface area contributed by atoms with E-state index in [-0.39, 0.29) is 0 Å². The zero-order valence-corrected chi connectivity index (χ0v) is 11.3. The molecule has 3 nitrogen and oxygen atoms in total. The highest BCUT2D eigenvalue weighted by Crippen LogP contribution is 2.35. The van der Waals surface area contributed by atoms with Crippen LogP contribution in [0, 0.1) is 0 Å². The van der Waals surface area contributed by atoms with Crippen molar-refractivity contribution in [2.45, 2.75) is 31.8 Å². The average molecular weight is 336 g/mol. The van der Waals surface area contributed by atoms with Crippen LogP contribution in [0.5, 0.6) is 5.88 Å². The molecule has 5 heteroatoms. The van der Waals surface area contributed by atoms with E-state index in [0.29, 0.717) is 17.7 Å². The van der Waals surface area contributed by atoms with Crippen molar-refractivity contribution in [1.29, 1.82) is 0 Å². The summed E-state index contributed by atoms with van der Waals surface area (Å²) < 4.78 is 7.31. The number of rotatable bonds is 2. The lowest BCUT2D eigenvalue weighted by atomic mass is 10.3. The van der Waals surface area contributed by atoms with Crippen LogP contribution in [0.3, 0.4) is 0 Å². The molecule has 0 aliphatic heterocycles. The summed E-state index contributed by atoms with van der Waals surface area (Å²) in [6.45, 7) is 0. The highest BCUT2D eigenvalue weighted by atomic mass is 79.9. The van der Waals surface area contributed by atoms with Gasteiger partial charge in [-0.25, -0.2) is 4.98 Å². The Labute approximate surface area is 106 Å². The molecule has 0 bridgehead atoms. The van der Waals surface area contributed by atoms with Gasteiger partial charge in [-0.15, -0.1) is 0 Å². The highest BCUT2D eigenvalue weighted by Gasteiger charge is 2.19. The number of halogens is 2. The van der Waals surface area contributed by atoms with E-state index in [4.69, 9.17) is 10.5 Å². The standard InChI is InChI=1S/C10H12Br2N2O/c11-7-5-14-10(8(12)9(7)13)15-6-3-1-2-4-6/h5-6H,1-4H2,(H2,13,14). The summed E-state index contributed by atoms with van der Waals surface area (Å²) in [7, 11) is 0. The molecule has 0 aromatic carbocycles. The molecule has 0 saturated heterocycles. The summed E-state index contributed by atoms with van der Waals surface area (Å²) in [5.41, 5.74) is 6.48. The van der Waals surface area contributed by atoms with Crippen molar-refractivity contribution in [2.24, 2.45) is 0 Å². The van der Waals surface area contributed by atoms with E-state index in [1.165, 1.54) is 12.8 Å². The molecule has 2 N–H and O–H groups in total. The molecule has 1 heterocycles. The molecule has 0 unspecified atom stereocenters. The number of hydrogen-bond donors (Lipinski definition) is 1. The molecule has 1 aliphatic carbocycles. The van der Waals surface area contributed by atoms with Crippen LogP contribution < -0.4 is 10.5 Å². The van der Waals surface area contributed by atoms with Gasteiger partial charge in [0, 0.05) is 6.20 Å². The van der Waals surface area contributed by atoms with Crippen LogP contribution in [0.2, 0.25) is 0 Å². The minimum Gasteiger partial charge on any atom is -0.473 e. The molecule has 0 atom stereocenters. The first-order valence-corrected chi connectivity index (χ1v) is 6.53. The number of nitrogens with zero attached hydrogens (tertiary/aromatic N) is 1. The SMILES string of the molecule is Nc1c(Br)cnc(OC2CCCC2)c1Br. The molecule has 82 valence electrons.